The molecular weight excluding hydrogens is 370 g/mol. The van der Waals surface area contributed by atoms with Gasteiger partial charge in [-0.3, -0.25) is 9.59 Å². The highest BCUT2D eigenvalue weighted by Gasteiger charge is 2.09. The number of nitrogens with one attached hydrogen (secondary N) is 2. The normalized spacial score (nSPS) is 10.0. The number of aryl methyl sites for hydroxylation is 1. The lowest BCUT2D eigenvalue weighted by molar-refractivity contribution is -0.121. The van der Waals surface area contributed by atoms with Crippen molar-refractivity contribution in [3.05, 3.63) is 22.2 Å². The van der Waals surface area contributed by atoms with Crippen LogP contribution >= 0.6 is 28.3 Å². The number of nitrogens with two attached hydrogens (primary N) is 1. The first kappa shape index (κ1) is 20.7. The molecule has 22 heavy (non-hydrogen) atoms. The van der Waals surface area contributed by atoms with Gasteiger partial charge in [0.1, 0.15) is 0 Å². The van der Waals surface area contributed by atoms with Crippen LogP contribution in [0.3, 0.4) is 0 Å². The molecule has 4 N–H and O–H groups in total. The van der Waals surface area contributed by atoms with Crippen molar-refractivity contribution in [3.8, 4) is 0 Å². The smallest absolute Gasteiger partial charge is 0.226 e. The van der Waals surface area contributed by atoms with Gasteiger partial charge in [-0.15, -0.1) is 12.4 Å². The molecular formula is C15H23BrClN3O2. The van der Waals surface area contributed by atoms with E-state index in [9.17, 15) is 9.59 Å². The summed E-state index contributed by atoms with van der Waals surface area (Å²) in [5, 5.41) is 5.49. The zero-order valence-electron chi connectivity index (χ0n) is 13.0. The summed E-state index contributed by atoms with van der Waals surface area (Å²) in [6, 6.07) is 3.65. The van der Waals surface area contributed by atoms with Crippen molar-refractivity contribution < 1.29 is 9.59 Å². The number of amides is 2. The summed E-state index contributed by atoms with van der Waals surface area (Å²) in [5.41, 5.74) is 7.95. The molecule has 5 nitrogen and oxygen atoms in total. The van der Waals surface area contributed by atoms with Crippen molar-refractivity contribution in [1.82, 2.24) is 5.32 Å². The fraction of sp³-hybridized carbons (Fsp3) is 0.467. The van der Waals surface area contributed by atoms with E-state index in [-0.39, 0.29) is 30.6 Å². The van der Waals surface area contributed by atoms with Crippen molar-refractivity contribution >= 4 is 51.5 Å². The zero-order valence-corrected chi connectivity index (χ0v) is 15.4. The second kappa shape index (κ2) is 9.69. The lowest BCUT2D eigenvalue weighted by Gasteiger charge is -2.11. The van der Waals surface area contributed by atoms with Crippen molar-refractivity contribution in [2.75, 3.05) is 17.6 Å². The first-order chi connectivity index (χ1) is 9.79. The second-order valence-electron chi connectivity index (χ2n) is 5.43. The summed E-state index contributed by atoms with van der Waals surface area (Å²) in [7, 11) is 0. The second-order valence-corrected chi connectivity index (χ2v) is 6.35. The Kier molecular flexibility index (Phi) is 9.13. The highest BCUT2D eigenvalue weighted by molar-refractivity contribution is 9.10. The molecule has 7 heteroatoms. The van der Waals surface area contributed by atoms with Gasteiger partial charge in [0.25, 0.3) is 0 Å². The number of benzene rings is 1. The van der Waals surface area contributed by atoms with Gasteiger partial charge in [0, 0.05) is 23.9 Å². The molecule has 0 bridgehead atoms. The molecule has 0 unspecified atom stereocenters. The predicted octanol–water partition coefficient (Wildman–Crippen LogP) is 3.25. The number of nitrogen functional groups attached to an aromatic ring is 1. The first-order valence-corrected chi connectivity index (χ1v) is 7.71. The standard InChI is InChI=1S/C15H22BrN3O2.ClH/c1-9(2)6-14(21)18-5-4-13(20)19-12-8-11(16)7-10(3)15(12)17;/h7-9H,4-6,17H2,1-3H3,(H,18,21)(H,19,20);1H. The number of halogens is 2. The van der Waals surface area contributed by atoms with Gasteiger partial charge in [-0.25, -0.2) is 0 Å². The quantitative estimate of drug-likeness (QED) is 0.650. The Hall–Kier alpha value is -1.27. The Labute approximate surface area is 145 Å². The van der Waals surface area contributed by atoms with E-state index in [4.69, 9.17) is 5.73 Å². The van der Waals surface area contributed by atoms with Gasteiger partial charge in [0.15, 0.2) is 0 Å². The molecule has 0 radical (unpaired) electrons. The maximum Gasteiger partial charge on any atom is 0.226 e. The number of rotatable bonds is 6. The maximum absolute atomic E-state index is 11.9. The van der Waals surface area contributed by atoms with Crippen molar-refractivity contribution in [2.24, 2.45) is 5.92 Å². The van der Waals surface area contributed by atoms with Crippen LogP contribution < -0.4 is 16.4 Å². The van der Waals surface area contributed by atoms with E-state index in [1.807, 2.05) is 26.8 Å². The largest absolute Gasteiger partial charge is 0.397 e. The summed E-state index contributed by atoms with van der Waals surface area (Å²) in [4.78, 5) is 23.3. The molecule has 124 valence electrons. The zero-order chi connectivity index (χ0) is 16.0. The van der Waals surface area contributed by atoms with Crippen LogP contribution in [0.4, 0.5) is 11.4 Å². The van der Waals surface area contributed by atoms with Crippen molar-refractivity contribution in [3.63, 3.8) is 0 Å². The molecule has 2 amide bonds. The Morgan fingerprint density at radius 3 is 2.50 bits per heavy atom. The lowest BCUT2D eigenvalue weighted by atomic mass is 10.1. The molecule has 0 atom stereocenters. The highest BCUT2D eigenvalue weighted by atomic mass is 79.9. The number of carbonyl (C=O) groups excluding carboxylic acids is 2. The molecule has 0 heterocycles. The number of carbonyl (C=O) groups is 2. The van der Waals surface area contributed by atoms with Crippen LogP contribution in [0.25, 0.3) is 0 Å². The third-order valence-electron chi connectivity index (χ3n) is 2.89. The molecule has 0 saturated carbocycles. The van der Waals surface area contributed by atoms with E-state index in [0.717, 1.165) is 10.0 Å². The third-order valence-corrected chi connectivity index (χ3v) is 3.35. The molecule has 1 aromatic carbocycles. The summed E-state index contributed by atoms with van der Waals surface area (Å²) in [6.45, 7) is 6.15. The van der Waals surface area contributed by atoms with Crippen LogP contribution in [0.1, 0.15) is 32.3 Å². The SMILES string of the molecule is Cc1cc(Br)cc(NC(=O)CCNC(=O)CC(C)C)c1N.Cl. The van der Waals surface area contributed by atoms with Gasteiger partial charge < -0.3 is 16.4 Å². The Morgan fingerprint density at radius 1 is 1.27 bits per heavy atom. The van der Waals surface area contributed by atoms with Gasteiger partial charge in [-0.1, -0.05) is 29.8 Å². The lowest BCUT2D eigenvalue weighted by Crippen LogP contribution is -2.28. The van der Waals surface area contributed by atoms with Gasteiger partial charge in [0.05, 0.1) is 11.4 Å². The molecule has 0 aromatic heterocycles. The van der Waals surface area contributed by atoms with Crippen LogP contribution in [0.15, 0.2) is 16.6 Å². The van der Waals surface area contributed by atoms with E-state index in [2.05, 4.69) is 26.6 Å². The minimum atomic E-state index is -0.177. The summed E-state index contributed by atoms with van der Waals surface area (Å²) in [5.74, 6) is 0.0999. The topological polar surface area (TPSA) is 84.2 Å². The van der Waals surface area contributed by atoms with E-state index in [0.29, 0.717) is 30.3 Å². The van der Waals surface area contributed by atoms with Gasteiger partial charge >= 0.3 is 0 Å². The van der Waals surface area contributed by atoms with Gasteiger partial charge in [0.2, 0.25) is 11.8 Å². The first-order valence-electron chi connectivity index (χ1n) is 6.91. The van der Waals surface area contributed by atoms with E-state index < -0.39 is 0 Å². The van der Waals surface area contributed by atoms with Crippen LogP contribution in [0.2, 0.25) is 0 Å². The van der Waals surface area contributed by atoms with Crippen LogP contribution in [0, 0.1) is 12.8 Å². The fourth-order valence-electron chi connectivity index (χ4n) is 1.83. The molecule has 1 aromatic rings. The van der Waals surface area contributed by atoms with E-state index >= 15 is 0 Å². The monoisotopic (exact) mass is 391 g/mol. The minimum Gasteiger partial charge on any atom is -0.397 e. The van der Waals surface area contributed by atoms with Crippen molar-refractivity contribution in [2.45, 2.75) is 33.6 Å². The molecule has 0 spiro atoms. The van der Waals surface area contributed by atoms with E-state index in [1.165, 1.54) is 0 Å². The van der Waals surface area contributed by atoms with Gasteiger partial charge in [-0.2, -0.15) is 0 Å². The average Bonchev–Trinajstić information content (AvgIpc) is 2.34. The summed E-state index contributed by atoms with van der Waals surface area (Å²) < 4.78 is 0.856. The number of hydrogen-bond donors (Lipinski definition) is 3. The predicted molar refractivity (Wildman–Crippen MR) is 96.3 cm³/mol. The highest BCUT2D eigenvalue weighted by Crippen LogP contribution is 2.27. The Balaban J connectivity index is 0.00000441. The Bertz CT molecular complexity index is 536. The van der Waals surface area contributed by atoms with Crippen LogP contribution in [-0.2, 0) is 9.59 Å². The maximum atomic E-state index is 11.9. The van der Waals surface area contributed by atoms with E-state index in [1.54, 1.807) is 6.07 Å². The van der Waals surface area contributed by atoms with Gasteiger partial charge in [-0.05, 0) is 30.5 Å². The number of hydrogen-bond acceptors (Lipinski definition) is 3. The average molecular weight is 393 g/mol. The molecule has 0 aliphatic heterocycles. The minimum absolute atomic E-state index is 0. The fourth-order valence-corrected chi connectivity index (χ4v) is 2.40. The summed E-state index contributed by atoms with van der Waals surface area (Å²) in [6.07, 6.45) is 0.689. The molecule has 0 fully saturated rings. The van der Waals surface area contributed by atoms with Crippen LogP contribution in [0.5, 0.6) is 0 Å². The van der Waals surface area contributed by atoms with Crippen LogP contribution in [-0.4, -0.2) is 18.4 Å². The molecule has 1 rings (SSSR count). The Morgan fingerprint density at radius 2 is 1.91 bits per heavy atom. The third kappa shape index (κ3) is 7.13. The summed E-state index contributed by atoms with van der Waals surface area (Å²) >= 11 is 3.37. The molecule has 0 aliphatic carbocycles. The number of anilines is 2. The van der Waals surface area contributed by atoms with Crippen molar-refractivity contribution in [1.29, 1.82) is 0 Å². The molecule has 0 saturated heterocycles. The molecule has 0 aliphatic rings.